The molecule has 0 amide bonds. The lowest BCUT2D eigenvalue weighted by molar-refractivity contribution is 1.13. The molecule has 0 saturated heterocycles. The molecule has 4 heteroatoms. The van der Waals surface area contributed by atoms with Crippen molar-refractivity contribution in [3.63, 3.8) is 0 Å². The molecule has 0 unspecified atom stereocenters. The van der Waals surface area contributed by atoms with Crippen LogP contribution in [0.5, 0.6) is 0 Å². The molecule has 0 aliphatic carbocycles. The number of aryl methyl sites for hydroxylation is 1. The predicted molar refractivity (Wildman–Crippen MR) is 127 cm³/mol. The fourth-order valence-corrected chi connectivity index (χ4v) is 4.82. The summed E-state index contributed by atoms with van der Waals surface area (Å²) < 4.78 is 2.33. The van der Waals surface area contributed by atoms with Crippen LogP contribution in [0.3, 0.4) is 0 Å². The van der Waals surface area contributed by atoms with Crippen molar-refractivity contribution in [2.45, 2.75) is 13.3 Å². The largest absolute Gasteiger partial charge is 0.228 e. The van der Waals surface area contributed by atoms with Crippen LogP contribution in [-0.2, 0) is 6.42 Å². The number of fused-ring (bicyclic) bond motifs is 2. The number of para-hydroxylation sites is 2. The normalized spacial score (nSPS) is 10.4. The number of hydrogen-bond acceptors (Lipinski definition) is 4. The number of benzene rings is 3. The van der Waals surface area contributed by atoms with Gasteiger partial charge in [-0.15, -0.1) is 22.7 Å². The third-order valence-corrected chi connectivity index (χ3v) is 6.60. The lowest BCUT2D eigenvalue weighted by atomic mass is 10.0. The highest BCUT2D eigenvalue weighted by Crippen LogP contribution is 2.22. The Morgan fingerprint density at radius 1 is 0.700 bits per heavy atom. The van der Waals surface area contributed by atoms with Gasteiger partial charge in [0.15, 0.2) is 10.0 Å². The average Bonchev–Trinajstić information content (AvgIpc) is 3.39. The van der Waals surface area contributed by atoms with E-state index >= 15 is 0 Å². The van der Waals surface area contributed by atoms with Crippen LogP contribution < -0.4 is 0 Å². The molecule has 30 heavy (non-hydrogen) atoms. The van der Waals surface area contributed by atoms with Gasteiger partial charge in [0.1, 0.15) is 0 Å². The van der Waals surface area contributed by atoms with Crippen LogP contribution >= 0.6 is 22.7 Å². The highest BCUT2D eigenvalue weighted by atomic mass is 32.1. The number of thiazole rings is 2. The first-order valence-corrected chi connectivity index (χ1v) is 11.3. The summed E-state index contributed by atoms with van der Waals surface area (Å²) >= 11 is 3.25. The molecule has 0 atom stereocenters. The topological polar surface area (TPSA) is 25.8 Å². The molecule has 2 nitrogen and oxygen atoms in total. The summed E-state index contributed by atoms with van der Waals surface area (Å²) in [6, 6.07) is 22.5. The second kappa shape index (κ2) is 8.13. The minimum absolute atomic E-state index is 0.842. The summed E-state index contributed by atoms with van der Waals surface area (Å²) in [6.07, 6.45) is 0.903. The number of rotatable bonds is 1. The second-order valence-electron chi connectivity index (χ2n) is 6.70. The van der Waals surface area contributed by atoms with E-state index < -0.39 is 0 Å². The van der Waals surface area contributed by atoms with E-state index in [0.717, 1.165) is 48.0 Å². The minimum Gasteiger partial charge on any atom is -0.228 e. The zero-order chi connectivity index (χ0) is 20.3. The lowest BCUT2D eigenvalue weighted by Crippen LogP contribution is -1.89. The number of hydrogen-bond donors (Lipinski definition) is 0. The van der Waals surface area contributed by atoms with Gasteiger partial charge in [-0.05, 0) is 66.3 Å². The second-order valence-corrected chi connectivity index (χ2v) is 8.76. The van der Waals surface area contributed by atoms with E-state index in [4.69, 9.17) is 0 Å². The Hall–Kier alpha value is -3.44. The average molecular weight is 421 g/mol. The van der Waals surface area contributed by atoms with Gasteiger partial charge in [0.05, 0.1) is 20.4 Å². The van der Waals surface area contributed by atoms with E-state index in [1.807, 2.05) is 42.5 Å². The number of aromatic nitrogens is 2. The minimum atomic E-state index is 0.842. The maximum absolute atomic E-state index is 4.60. The molecule has 0 bridgehead atoms. The van der Waals surface area contributed by atoms with Gasteiger partial charge in [0.2, 0.25) is 0 Å². The van der Waals surface area contributed by atoms with Crippen LogP contribution in [0, 0.1) is 23.7 Å². The van der Waals surface area contributed by atoms with Gasteiger partial charge in [-0.2, -0.15) is 0 Å². The van der Waals surface area contributed by atoms with Gasteiger partial charge in [-0.1, -0.05) is 43.0 Å². The van der Waals surface area contributed by atoms with Crippen molar-refractivity contribution in [3.05, 3.63) is 93.4 Å². The summed E-state index contributed by atoms with van der Waals surface area (Å²) in [5.41, 5.74) is 5.21. The molecule has 2 aromatic heterocycles. The summed E-state index contributed by atoms with van der Waals surface area (Å²) in [5, 5.41) is 1.69. The standard InChI is InChI=1S/C26H16N2S2/c1-2-19-17-18(12-15-25-27-21-7-3-5-9-23(21)29-25)11-13-20(19)14-16-26-28-22-8-4-6-10-24(22)30-26/h3-11,13,17H,2H2,1H3. The van der Waals surface area contributed by atoms with Gasteiger partial charge in [0.25, 0.3) is 0 Å². The molecule has 142 valence electrons. The highest BCUT2D eigenvalue weighted by Gasteiger charge is 2.03. The van der Waals surface area contributed by atoms with Crippen molar-refractivity contribution in [3.8, 4) is 23.7 Å². The van der Waals surface area contributed by atoms with Crippen molar-refractivity contribution < 1.29 is 0 Å². The quantitative estimate of drug-likeness (QED) is 0.299. The molecule has 0 spiro atoms. The van der Waals surface area contributed by atoms with Crippen LogP contribution in [0.25, 0.3) is 20.4 Å². The van der Waals surface area contributed by atoms with E-state index in [2.05, 4.69) is 64.8 Å². The predicted octanol–water partition coefficient (Wildman–Crippen LogP) is 6.27. The smallest absolute Gasteiger partial charge is 0.168 e. The van der Waals surface area contributed by atoms with Crippen molar-refractivity contribution >= 4 is 43.1 Å². The highest BCUT2D eigenvalue weighted by molar-refractivity contribution is 7.19. The maximum Gasteiger partial charge on any atom is 0.168 e. The Labute approximate surface area is 183 Å². The van der Waals surface area contributed by atoms with Crippen LogP contribution in [-0.4, -0.2) is 9.97 Å². The maximum atomic E-state index is 4.60. The summed E-state index contributed by atoms with van der Waals surface area (Å²) in [7, 11) is 0. The Balaban J connectivity index is 1.42. The van der Waals surface area contributed by atoms with Gasteiger partial charge in [-0.25, -0.2) is 9.97 Å². The Morgan fingerprint density at radius 3 is 1.90 bits per heavy atom. The molecule has 3 aromatic carbocycles. The molecule has 0 aliphatic heterocycles. The van der Waals surface area contributed by atoms with Gasteiger partial charge >= 0.3 is 0 Å². The monoisotopic (exact) mass is 420 g/mol. The summed E-state index contributed by atoms with van der Waals surface area (Å²) in [4.78, 5) is 9.18. The van der Waals surface area contributed by atoms with Crippen LogP contribution in [0.4, 0.5) is 0 Å². The molecule has 0 fully saturated rings. The van der Waals surface area contributed by atoms with Gasteiger partial charge < -0.3 is 0 Å². The zero-order valence-corrected chi connectivity index (χ0v) is 17.9. The Bertz CT molecular complexity index is 1430. The molecular formula is C26H16N2S2. The van der Waals surface area contributed by atoms with Crippen molar-refractivity contribution in [1.82, 2.24) is 9.97 Å². The van der Waals surface area contributed by atoms with E-state index in [-0.39, 0.29) is 0 Å². The van der Waals surface area contributed by atoms with E-state index in [0.29, 0.717) is 0 Å². The summed E-state index contributed by atoms with van der Waals surface area (Å²) in [6.45, 7) is 2.14. The molecule has 0 saturated carbocycles. The first-order valence-electron chi connectivity index (χ1n) is 9.66. The SMILES string of the molecule is CCc1cc(C#Cc2nc3ccccc3s2)ccc1C#Cc1nc2ccccc2s1. The van der Waals surface area contributed by atoms with E-state index in [9.17, 15) is 0 Å². The van der Waals surface area contributed by atoms with Crippen molar-refractivity contribution in [2.24, 2.45) is 0 Å². The lowest BCUT2D eigenvalue weighted by Gasteiger charge is -2.01. The fraction of sp³-hybridized carbons (Fsp3) is 0.0769. The Morgan fingerprint density at radius 2 is 1.30 bits per heavy atom. The zero-order valence-electron chi connectivity index (χ0n) is 16.3. The Kier molecular flexibility index (Phi) is 5.03. The van der Waals surface area contributed by atoms with E-state index in [1.165, 1.54) is 5.56 Å². The van der Waals surface area contributed by atoms with Crippen LogP contribution in [0.2, 0.25) is 0 Å². The first-order chi connectivity index (χ1) is 14.8. The molecule has 2 heterocycles. The summed E-state index contributed by atoms with van der Waals surface area (Å²) in [5.74, 6) is 13.0. The molecule has 0 aliphatic rings. The van der Waals surface area contributed by atoms with Gasteiger partial charge in [-0.3, -0.25) is 0 Å². The van der Waals surface area contributed by atoms with Crippen molar-refractivity contribution in [2.75, 3.05) is 0 Å². The van der Waals surface area contributed by atoms with Crippen molar-refractivity contribution in [1.29, 1.82) is 0 Å². The first kappa shape index (κ1) is 18.6. The molecule has 5 rings (SSSR count). The molecule has 5 aromatic rings. The molecular weight excluding hydrogens is 404 g/mol. The third kappa shape index (κ3) is 3.84. The van der Waals surface area contributed by atoms with E-state index in [1.54, 1.807) is 22.7 Å². The fourth-order valence-electron chi connectivity index (χ4n) is 3.18. The molecule has 0 N–H and O–H groups in total. The third-order valence-electron chi connectivity index (χ3n) is 4.69. The molecule has 0 radical (unpaired) electrons. The number of nitrogens with zero attached hydrogens (tertiary/aromatic N) is 2. The van der Waals surface area contributed by atoms with Crippen LogP contribution in [0.1, 0.15) is 33.6 Å². The van der Waals surface area contributed by atoms with Crippen LogP contribution in [0.15, 0.2) is 66.7 Å². The van der Waals surface area contributed by atoms with Gasteiger partial charge in [0, 0.05) is 11.1 Å².